The summed E-state index contributed by atoms with van der Waals surface area (Å²) in [6.07, 6.45) is 6.44. The van der Waals surface area contributed by atoms with E-state index in [1.54, 1.807) is 24.3 Å². The van der Waals surface area contributed by atoms with Crippen molar-refractivity contribution in [2.24, 2.45) is 0 Å². The van der Waals surface area contributed by atoms with Crippen molar-refractivity contribution >= 4 is 17.5 Å². The minimum absolute atomic E-state index is 0.138. The van der Waals surface area contributed by atoms with E-state index in [-0.39, 0.29) is 11.8 Å². The molecule has 0 bridgehead atoms. The number of hydrogen-bond donors (Lipinski definition) is 2. The molecule has 1 fully saturated rings. The van der Waals surface area contributed by atoms with Crippen molar-refractivity contribution in [3.05, 3.63) is 65.2 Å². The Labute approximate surface area is 155 Å². The van der Waals surface area contributed by atoms with E-state index in [9.17, 15) is 9.59 Å². The normalized spacial score (nSPS) is 14.7. The van der Waals surface area contributed by atoms with Gasteiger partial charge in [-0.1, -0.05) is 37.5 Å². The smallest absolute Gasteiger partial charge is 0.255 e. The fourth-order valence-corrected chi connectivity index (χ4v) is 3.55. The summed E-state index contributed by atoms with van der Waals surface area (Å²) in [6.45, 7) is 2.45. The number of rotatable bonds is 5. The van der Waals surface area contributed by atoms with Crippen molar-refractivity contribution in [1.29, 1.82) is 0 Å². The lowest BCUT2D eigenvalue weighted by molar-refractivity contribution is 0.0954. The number of nitrogens with one attached hydrogen (secondary N) is 2. The summed E-state index contributed by atoms with van der Waals surface area (Å²) in [7, 11) is 0. The average Bonchev–Trinajstić information content (AvgIpc) is 2.69. The van der Waals surface area contributed by atoms with E-state index in [4.69, 9.17) is 0 Å². The third kappa shape index (κ3) is 4.51. The first-order valence-electron chi connectivity index (χ1n) is 9.47. The average molecular weight is 350 g/mol. The maximum absolute atomic E-state index is 12.5. The van der Waals surface area contributed by atoms with Crippen LogP contribution in [0.5, 0.6) is 0 Å². The molecule has 0 unspecified atom stereocenters. The summed E-state index contributed by atoms with van der Waals surface area (Å²) in [5.41, 5.74) is 3.12. The van der Waals surface area contributed by atoms with E-state index in [1.165, 1.54) is 37.7 Å². The Kier molecular flexibility index (Phi) is 6.05. The molecule has 4 nitrogen and oxygen atoms in total. The molecule has 0 aliphatic heterocycles. The minimum atomic E-state index is -0.159. The Morgan fingerprint density at radius 2 is 1.65 bits per heavy atom. The van der Waals surface area contributed by atoms with E-state index in [0.29, 0.717) is 29.3 Å². The number of carbonyl (C=O) groups excluding carboxylic acids is 2. The SMILES string of the molecule is CCNC(=O)c1cccc(NC(=O)c2ccc(C3CCCCC3)cc2)c1. The van der Waals surface area contributed by atoms with Crippen LogP contribution in [0.15, 0.2) is 48.5 Å². The summed E-state index contributed by atoms with van der Waals surface area (Å²) >= 11 is 0. The van der Waals surface area contributed by atoms with Crippen LogP contribution in [-0.4, -0.2) is 18.4 Å². The topological polar surface area (TPSA) is 58.2 Å². The first-order valence-corrected chi connectivity index (χ1v) is 9.47. The number of anilines is 1. The zero-order chi connectivity index (χ0) is 18.4. The molecule has 136 valence electrons. The predicted octanol–water partition coefficient (Wildman–Crippen LogP) is 4.74. The highest BCUT2D eigenvalue weighted by Gasteiger charge is 2.16. The molecule has 3 rings (SSSR count). The standard InChI is InChI=1S/C22H26N2O2/c1-2-23-21(25)19-9-6-10-20(15-19)24-22(26)18-13-11-17(12-14-18)16-7-4-3-5-8-16/h6,9-16H,2-5,7-8H2,1H3,(H,23,25)(H,24,26). The summed E-state index contributed by atoms with van der Waals surface area (Å²) in [5, 5.41) is 5.64. The monoisotopic (exact) mass is 350 g/mol. The molecule has 0 atom stereocenters. The molecule has 1 aliphatic rings. The van der Waals surface area contributed by atoms with Crippen LogP contribution in [0.1, 0.15) is 71.2 Å². The van der Waals surface area contributed by atoms with Gasteiger partial charge in [-0.15, -0.1) is 0 Å². The van der Waals surface area contributed by atoms with Gasteiger partial charge in [0, 0.05) is 23.4 Å². The largest absolute Gasteiger partial charge is 0.352 e. The molecule has 2 amide bonds. The molecule has 0 radical (unpaired) electrons. The van der Waals surface area contributed by atoms with Crippen LogP contribution in [0.2, 0.25) is 0 Å². The number of carbonyl (C=O) groups is 2. The molecule has 2 N–H and O–H groups in total. The Balaban J connectivity index is 1.66. The van der Waals surface area contributed by atoms with Crippen LogP contribution in [0.25, 0.3) is 0 Å². The number of amides is 2. The third-order valence-corrected chi connectivity index (χ3v) is 4.97. The van der Waals surface area contributed by atoms with Gasteiger partial charge >= 0.3 is 0 Å². The molecule has 2 aromatic carbocycles. The van der Waals surface area contributed by atoms with Gasteiger partial charge in [-0.25, -0.2) is 0 Å². The van der Waals surface area contributed by atoms with Crippen LogP contribution in [-0.2, 0) is 0 Å². The highest BCUT2D eigenvalue weighted by molar-refractivity contribution is 6.05. The molecule has 4 heteroatoms. The van der Waals surface area contributed by atoms with Crippen molar-refractivity contribution in [1.82, 2.24) is 5.32 Å². The second-order valence-corrected chi connectivity index (χ2v) is 6.85. The predicted molar refractivity (Wildman–Crippen MR) is 105 cm³/mol. The fraction of sp³-hybridized carbons (Fsp3) is 0.364. The first-order chi connectivity index (χ1) is 12.7. The van der Waals surface area contributed by atoms with E-state index < -0.39 is 0 Å². The van der Waals surface area contributed by atoms with Crippen molar-refractivity contribution in [2.45, 2.75) is 44.9 Å². The van der Waals surface area contributed by atoms with Gasteiger partial charge in [-0.3, -0.25) is 9.59 Å². The van der Waals surface area contributed by atoms with Crippen LogP contribution < -0.4 is 10.6 Å². The lowest BCUT2D eigenvalue weighted by Crippen LogP contribution is -2.22. The molecule has 1 aliphatic carbocycles. The highest BCUT2D eigenvalue weighted by Crippen LogP contribution is 2.32. The maximum Gasteiger partial charge on any atom is 0.255 e. The van der Waals surface area contributed by atoms with Gasteiger partial charge in [-0.05, 0) is 61.6 Å². The Morgan fingerprint density at radius 3 is 2.35 bits per heavy atom. The molecule has 2 aromatic rings. The Morgan fingerprint density at radius 1 is 0.923 bits per heavy atom. The van der Waals surface area contributed by atoms with E-state index in [2.05, 4.69) is 22.8 Å². The van der Waals surface area contributed by atoms with Gasteiger partial charge in [0.05, 0.1) is 0 Å². The second kappa shape index (κ2) is 8.65. The van der Waals surface area contributed by atoms with Crippen LogP contribution in [0, 0.1) is 0 Å². The van der Waals surface area contributed by atoms with Gasteiger partial charge in [0.25, 0.3) is 11.8 Å². The van der Waals surface area contributed by atoms with Crippen molar-refractivity contribution in [3.8, 4) is 0 Å². The van der Waals surface area contributed by atoms with Crippen LogP contribution >= 0.6 is 0 Å². The third-order valence-electron chi connectivity index (χ3n) is 4.97. The van der Waals surface area contributed by atoms with E-state index in [0.717, 1.165) is 0 Å². The molecular weight excluding hydrogens is 324 g/mol. The zero-order valence-corrected chi connectivity index (χ0v) is 15.3. The van der Waals surface area contributed by atoms with Gasteiger partial charge in [0.1, 0.15) is 0 Å². The lowest BCUT2D eigenvalue weighted by atomic mass is 9.84. The highest BCUT2D eigenvalue weighted by atomic mass is 16.2. The van der Waals surface area contributed by atoms with Crippen molar-refractivity contribution < 1.29 is 9.59 Å². The molecule has 1 saturated carbocycles. The zero-order valence-electron chi connectivity index (χ0n) is 15.3. The Hall–Kier alpha value is -2.62. The lowest BCUT2D eigenvalue weighted by Gasteiger charge is -2.22. The molecule has 0 spiro atoms. The summed E-state index contributed by atoms with van der Waals surface area (Å²) < 4.78 is 0. The van der Waals surface area contributed by atoms with Crippen LogP contribution in [0.3, 0.4) is 0 Å². The van der Waals surface area contributed by atoms with Gasteiger partial charge in [0.2, 0.25) is 0 Å². The van der Waals surface area contributed by atoms with Crippen LogP contribution in [0.4, 0.5) is 5.69 Å². The summed E-state index contributed by atoms with van der Waals surface area (Å²) in [6, 6.07) is 14.9. The Bertz CT molecular complexity index is 762. The molecule has 0 saturated heterocycles. The van der Waals surface area contributed by atoms with Gasteiger partial charge in [0.15, 0.2) is 0 Å². The van der Waals surface area contributed by atoms with Gasteiger partial charge < -0.3 is 10.6 Å². The molecule has 0 heterocycles. The van der Waals surface area contributed by atoms with E-state index >= 15 is 0 Å². The summed E-state index contributed by atoms with van der Waals surface area (Å²) in [4.78, 5) is 24.4. The number of benzene rings is 2. The minimum Gasteiger partial charge on any atom is -0.352 e. The summed E-state index contributed by atoms with van der Waals surface area (Å²) in [5.74, 6) is 0.336. The maximum atomic E-state index is 12.5. The molecule has 0 aromatic heterocycles. The van der Waals surface area contributed by atoms with Crippen molar-refractivity contribution in [2.75, 3.05) is 11.9 Å². The van der Waals surface area contributed by atoms with Gasteiger partial charge in [-0.2, -0.15) is 0 Å². The fourth-order valence-electron chi connectivity index (χ4n) is 3.55. The first kappa shape index (κ1) is 18.2. The molecular formula is C22H26N2O2. The second-order valence-electron chi connectivity index (χ2n) is 6.85. The number of hydrogen-bond acceptors (Lipinski definition) is 2. The molecule has 26 heavy (non-hydrogen) atoms. The quantitative estimate of drug-likeness (QED) is 0.818. The van der Waals surface area contributed by atoms with Crippen molar-refractivity contribution in [3.63, 3.8) is 0 Å². The van der Waals surface area contributed by atoms with E-state index in [1.807, 2.05) is 19.1 Å².